The number of rotatable bonds is 3. The number of hydrogen-bond acceptors (Lipinski definition) is 6. The molecule has 0 atom stereocenters. The number of nitrogens with zero attached hydrogens (tertiary/aromatic N) is 3. The average molecular weight is 280 g/mol. The summed E-state index contributed by atoms with van der Waals surface area (Å²) in [5.41, 5.74) is 0.474. The van der Waals surface area contributed by atoms with Crippen molar-refractivity contribution in [2.45, 2.75) is 0 Å². The minimum Gasteiger partial charge on any atom is -0.211 e. The molecule has 0 N–H and O–H groups in total. The molecule has 78 valence electrons. The summed E-state index contributed by atoms with van der Waals surface area (Å²) in [5.74, 6) is 0. The van der Waals surface area contributed by atoms with E-state index in [2.05, 4.69) is 30.9 Å². The minimum atomic E-state index is 0.153. The van der Waals surface area contributed by atoms with Crippen LogP contribution in [0.2, 0.25) is 0 Å². The fourth-order valence-corrected chi connectivity index (χ4v) is 1.36. The third-order valence-electron chi connectivity index (χ3n) is 1.53. The molecule has 0 saturated heterocycles. The second kappa shape index (κ2) is 5.66. The molecular formula is C9H2BrN3O3. The molecule has 0 aromatic heterocycles. The molecule has 1 rings (SSSR count). The van der Waals surface area contributed by atoms with Crippen LogP contribution in [0, 0.1) is 0 Å². The van der Waals surface area contributed by atoms with Gasteiger partial charge in [0, 0.05) is 0 Å². The van der Waals surface area contributed by atoms with E-state index in [-0.39, 0.29) is 17.1 Å². The van der Waals surface area contributed by atoms with Crippen LogP contribution in [0.25, 0.3) is 0 Å². The lowest BCUT2D eigenvalue weighted by Crippen LogP contribution is -1.73. The van der Waals surface area contributed by atoms with Crippen LogP contribution >= 0.6 is 15.9 Å². The predicted molar refractivity (Wildman–Crippen MR) is 57.5 cm³/mol. The van der Waals surface area contributed by atoms with Crippen LogP contribution in [-0.2, 0) is 14.4 Å². The number of halogens is 1. The number of carbonyl (C=O) groups excluding carboxylic acids is 3. The average Bonchev–Trinajstić information content (AvgIpc) is 2.26. The Morgan fingerprint density at radius 2 is 1.31 bits per heavy atom. The third-order valence-corrected chi connectivity index (χ3v) is 2.34. The van der Waals surface area contributed by atoms with Gasteiger partial charge >= 0.3 is 0 Å². The maximum Gasteiger partial charge on any atom is 0.240 e. The van der Waals surface area contributed by atoms with Gasteiger partial charge < -0.3 is 0 Å². The molecule has 7 heteroatoms. The summed E-state index contributed by atoms with van der Waals surface area (Å²) in [6.07, 6.45) is 3.98. The maximum absolute atomic E-state index is 10.1. The van der Waals surface area contributed by atoms with Crippen LogP contribution in [0.3, 0.4) is 0 Å². The fraction of sp³-hybridized carbons (Fsp3) is 0. The van der Waals surface area contributed by atoms with Crippen LogP contribution in [0.15, 0.2) is 31.6 Å². The van der Waals surface area contributed by atoms with Gasteiger partial charge in [0.15, 0.2) is 0 Å². The van der Waals surface area contributed by atoms with Gasteiger partial charge in [-0.3, -0.25) is 0 Å². The molecule has 0 spiro atoms. The summed E-state index contributed by atoms with van der Waals surface area (Å²) in [6, 6.07) is 2.67. The highest BCUT2D eigenvalue weighted by Crippen LogP contribution is 2.38. The Kier molecular flexibility index (Phi) is 4.21. The van der Waals surface area contributed by atoms with Crippen molar-refractivity contribution in [1.29, 1.82) is 0 Å². The van der Waals surface area contributed by atoms with E-state index in [4.69, 9.17) is 0 Å². The van der Waals surface area contributed by atoms with Gasteiger partial charge in [-0.15, -0.1) is 0 Å². The van der Waals surface area contributed by atoms with Crippen LogP contribution in [0.5, 0.6) is 0 Å². The number of aliphatic imine (C=N–C) groups is 3. The zero-order valence-corrected chi connectivity index (χ0v) is 9.19. The van der Waals surface area contributed by atoms with Gasteiger partial charge in [-0.25, -0.2) is 14.4 Å². The van der Waals surface area contributed by atoms with E-state index in [1.54, 1.807) is 0 Å². The lowest BCUT2D eigenvalue weighted by molar-refractivity contribution is 0.565. The zero-order chi connectivity index (χ0) is 12.0. The van der Waals surface area contributed by atoms with Crippen molar-refractivity contribution in [3.8, 4) is 0 Å². The first-order chi connectivity index (χ1) is 7.72. The number of hydrogen-bond donors (Lipinski definition) is 0. The van der Waals surface area contributed by atoms with Crippen LogP contribution < -0.4 is 0 Å². The van der Waals surface area contributed by atoms with Gasteiger partial charge in [-0.2, -0.15) is 15.0 Å². The molecule has 1 aromatic carbocycles. The van der Waals surface area contributed by atoms with Crippen molar-refractivity contribution in [2.75, 3.05) is 0 Å². The lowest BCUT2D eigenvalue weighted by atomic mass is 10.2. The molecule has 6 nitrogen and oxygen atoms in total. The minimum absolute atomic E-state index is 0.153. The molecule has 0 saturated carbocycles. The molecule has 0 radical (unpaired) electrons. The summed E-state index contributed by atoms with van der Waals surface area (Å²) < 4.78 is 0.309. The van der Waals surface area contributed by atoms with E-state index in [1.807, 2.05) is 0 Å². The van der Waals surface area contributed by atoms with Crippen molar-refractivity contribution < 1.29 is 14.4 Å². The molecular weight excluding hydrogens is 278 g/mol. The first-order valence-electron chi connectivity index (χ1n) is 3.80. The van der Waals surface area contributed by atoms with Gasteiger partial charge in [0.1, 0.15) is 0 Å². The highest BCUT2D eigenvalue weighted by atomic mass is 79.9. The molecule has 0 aliphatic rings. The Balaban J connectivity index is 3.55. The Labute approximate surface area is 97.6 Å². The Hall–Kier alpha value is -2.16. The summed E-state index contributed by atoms with van der Waals surface area (Å²) in [7, 11) is 0. The standard InChI is InChI=1S/C9H2BrN3O3/c10-9-7(12-4-15)1-6(11-3-14)2-8(9)13-5-16/h1-2H. The summed E-state index contributed by atoms with van der Waals surface area (Å²) in [6.45, 7) is 0. The number of isocyanates is 3. The van der Waals surface area contributed by atoms with E-state index in [0.29, 0.717) is 4.47 Å². The smallest absolute Gasteiger partial charge is 0.211 e. The normalized spacial score (nSPS) is 8.31. The molecule has 0 unspecified atom stereocenters. The van der Waals surface area contributed by atoms with Crippen molar-refractivity contribution in [3.63, 3.8) is 0 Å². The van der Waals surface area contributed by atoms with Gasteiger partial charge in [0.25, 0.3) is 0 Å². The molecule has 0 aliphatic heterocycles. The molecule has 16 heavy (non-hydrogen) atoms. The Morgan fingerprint density at radius 1 is 0.875 bits per heavy atom. The summed E-state index contributed by atoms with van der Waals surface area (Å²) in [5, 5.41) is 0. The largest absolute Gasteiger partial charge is 0.240 e. The van der Waals surface area contributed by atoms with Crippen LogP contribution in [-0.4, -0.2) is 18.2 Å². The fourth-order valence-electron chi connectivity index (χ4n) is 0.958. The van der Waals surface area contributed by atoms with Crippen LogP contribution in [0.4, 0.5) is 17.1 Å². The highest BCUT2D eigenvalue weighted by molar-refractivity contribution is 9.10. The Morgan fingerprint density at radius 3 is 1.69 bits per heavy atom. The van der Waals surface area contributed by atoms with Gasteiger partial charge in [-0.1, -0.05) is 0 Å². The van der Waals surface area contributed by atoms with E-state index in [0.717, 1.165) is 0 Å². The Bertz CT molecular complexity index is 526. The van der Waals surface area contributed by atoms with Gasteiger partial charge in [0.2, 0.25) is 18.2 Å². The second-order valence-electron chi connectivity index (χ2n) is 2.41. The van der Waals surface area contributed by atoms with E-state index >= 15 is 0 Å². The summed E-state index contributed by atoms with van der Waals surface area (Å²) in [4.78, 5) is 40.4. The maximum atomic E-state index is 10.1. The first kappa shape index (κ1) is 11.9. The van der Waals surface area contributed by atoms with Gasteiger partial charge in [-0.05, 0) is 28.1 Å². The molecule has 0 heterocycles. The topological polar surface area (TPSA) is 88.3 Å². The molecule has 1 aromatic rings. The monoisotopic (exact) mass is 279 g/mol. The lowest BCUT2D eigenvalue weighted by Gasteiger charge is -2.00. The van der Waals surface area contributed by atoms with Gasteiger partial charge in [0.05, 0.1) is 21.5 Å². The summed E-state index contributed by atoms with van der Waals surface area (Å²) >= 11 is 3.08. The van der Waals surface area contributed by atoms with Crippen molar-refractivity contribution in [2.24, 2.45) is 15.0 Å². The quantitative estimate of drug-likeness (QED) is 0.628. The zero-order valence-electron chi connectivity index (χ0n) is 7.60. The highest BCUT2D eigenvalue weighted by Gasteiger charge is 2.07. The van der Waals surface area contributed by atoms with Crippen molar-refractivity contribution in [1.82, 2.24) is 0 Å². The van der Waals surface area contributed by atoms with Crippen LogP contribution in [0.1, 0.15) is 0 Å². The van der Waals surface area contributed by atoms with E-state index in [9.17, 15) is 14.4 Å². The number of benzene rings is 1. The SMILES string of the molecule is O=C=Nc1cc(N=C=O)c(Br)c(N=C=O)c1. The van der Waals surface area contributed by atoms with Crippen molar-refractivity contribution >= 4 is 51.2 Å². The molecule has 0 bridgehead atoms. The van der Waals surface area contributed by atoms with E-state index < -0.39 is 0 Å². The third kappa shape index (κ3) is 2.67. The molecule has 0 aliphatic carbocycles. The molecule has 0 amide bonds. The second-order valence-corrected chi connectivity index (χ2v) is 3.20. The van der Waals surface area contributed by atoms with Crippen molar-refractivity contribution in [3.05, 3.63) is 16.6 Å². The first-order valence-corrected chi connectivity index (χ1v) is 4.59. The van der Waals surface area contributed by atoms with E-state index in [1.165, 1.54) is 30.4 Å². The predicted octanol–water partition coefficient (Wildman–Crippen LogP) is 2.35. The molecule has 0 fully saturated rings.